The summed E-state index contributed by atoms with van der Waals surface area (Å²) >= 11 is 0. The molecule has 1 aromatic heterocycles. The Balaban J connectivity index is 2.46. The summed E-state index contributed by atoms with van der Waals surface area (Å²) < 4.78 is 1.82. The summed E-state index contributed by atoms with van der Waals surface area (Å²) in [6.07, 6.45) is 4.41. The van der Waals surface area contributed by atoms with Crippen LogP contribution in [-0.2, 0) is 6.54 Å². The largest absolute Gasteiger partial charge is 0.350 e. The fourth-order valence-corrected chi connectivity index (χ4v) is 1.25. The molecule has 0 aliphatic rings. The second-order valence-electron chi connectivity index (χ2n) is 4.01. The standard InChI is InChI=1S/C11H20N4O/c1-3-9(2)6-13-11(16)10-7-15(5-4-12)8-14-10/h7-9H,3-6,12H2,1-2H3,(H,13,16). The number of aromatic nitrogens is 2. The van der Waals surface area contributed by atoms with E-state index in [-0.39, 0.29) is 5.91 Å². The predicted molar refractivity (Wildman–Crippen MR) is 63.1 cm³/mol. The summed E-state index contributed by atoms with van der Waals surface area (Å²) in [5.41, 5.74) is 5.87. The van der Waals surface area contributed by atoms with Crippen molar-refractivity contribution < 1.29 is 4.79 Å². The van der Waals surface area contributed by atoms with Gasteiger partial charge in [-0.1, -0.05) is 20.3 Å². The lowest BCUT2D eigenvalue weighted by atomic mass is 10.1. The van der Waals surface area contributed by atoms with Gasteiger partial charge < -0.3 is 15.6 Å². The summed E-state index contributed by atoms with van der Waals surface area (Å²) in [6, 6.07) is 0. The molecule has 5 heteroatoms. The second-order valence-corrected chi connectivity index (χ2v) is 4.01. The van der Waals surface area contributed by atoms with Crippen LogP contribution in [0.4, 0.5) is 0 Å². The Kier molecular flexibility index (Phi) is 4.98. The summed E-state index contributed by atoms with van der Waals surface area (Å²) in [5.74, 6) is 0.381. The number of nitrogens with one attached hydrogen (secondary N) is 1. The van der Waals surface area contributed by atoms with Gasteiger partial charge in [0.2, 0.25) is 0 Å². The summed E-state index contributed by atoms with van der Waals surface area (Å²) in [6.45, 7) is 6.13. The molecule has 0 saturated carbocycles. The number of nitrogens with two attached hydrogens (primary N) is 1. The highest BCUT2D eigenvalue weighted by molar-refractivity contribution is 5.91. The van der Waals surface area contributed by atoms with Crippen molar-refractivity contribution in [1.29, 1.82) is 0 Å². The van der Waals surface area contributed by atoms with E-state index in [0.717, 1.165) is 6.42 Å². The van der Waals surface area contributed by atoms with Crippen LogP contribution < -0.4 is 11.1 Å². The van der Waals surface area contributed by atoms with Gasteiger partial charge in [0.15, 0.2) is 0 Å². The highest BCUT2D eigenvalue weighted by atomic mass is 16.1. The molecule has 0 aliphatic carbocycles. The molecular weight excluding hydrogens is 204 g/mol. The number of imidazole rings is 1. The van der Waals surface area contributed by atoms with Crippen LogP contribution in [0.3, 0.4) is 0 Å². The maximum atomic E-state index is 11.7. The molecule has 5 nitrogen and oxygen atoms in total. The van der Waals surface area contributed by atoms with Crippen LogP contribution in [0.25, 0.3) is 0 Å². The third-order valence-electron chi connectivity index (χ3n) is 2.56. The molecule has 90 valence electrons. The van der Waals surface area contributed by atoms with Crippen LogP contribution in [0.2, 0.25) is 0 Å². The lowest BCUT2D eigenvalue weighted by molar-refractivity contribution is 0.0943. The molecule has 0 radical (unpaired) electrons. The number of hydrogen-bond acceptors (Lipinski definition) is 3. The van der Waals surface area contributed by atoms with E-state index in [1.54, 1.807) is 12.5 Å². The molecule has 1 rings (SSSR count). The van der Waals surface area contributed by atoms with E-state index in [1.165, 1.54) is 0 Å². The molecule has 0 spiro atoms. The van der Waals surface area contributed by atoms with Gasteiger partial charge in [0.05, 0.1) is 6.33 Å². The number of carbonyl (C=O) groups excluding carboxylic acids is 1. The fraction of sp³-hybridized carbons (Fsp3) is 0.636. The van der Waals surface area contributed by atoms with Crippen LogP contribution >= 0.6 is 0 Å². The first-order valence-corrected chi connectivity index (χ1v) is 5.67. The van der Waals surface area contributed by atoms with E-state index in [9.17, 15) is 4.79 Å². The van der Waals surface area contributed by atoms with Crippen molar-refractivity contribution in [2.75, 3.05) is 13.1 Å². The number of amides is 1. The van der Waals surface area contributed by atoms with Crippen LogP contribution in [-0.4, -0.2) is 28.5 Å². The lowest BCUT2D eigenvalue weighted by Crippen LogP contribution is -2.28. The van der Waals surface area contributed by atoms with Crippen molar-refractivity contribution in [2.24, 2.45) is 11.7 Å². The van der Waals surface area contributed by atoms with Gasteiger partial charge in [0, 0.05) is 25.8 Å². The summed E-state index contributed by atoms with van der Waals surface area (Å²) in [4.78, 5) is 15.7. The molecule has 0 aliphatic heterocycles. The number of hydrogen-bond donors (Lipinski definition) is 2. The third kappa shape index (κ3) is 3.66. The minimum atomic E-state index is -0.115. The Morgan fingerprint density at radius 3 is 3.06 bits per heavy atom. The van der Waals surface area contributed by atoms with Crippen molar-refractivity contribution in [3.05, 3.63) is 18.2 Å². The van der Waals surface area contributed by atoms with E-state index in [1.807, 2.05) is 4.57 Å². The smallest absolute Gasteiger partial charge is 0.271 e. The molecule has 0 aromatic carbocycles. The third-order valence-corrected chi connectivity index (χ3v) is 2.56. The SMILES string of the molecule is CCC(C)CNC(=O)c1cn(CCN)cn1. The van der Waals surface area contributed by atoms with Crippen LogP contribution in [0.15, 0.2) is 12.5 Å². The van der Waals surface area contributed by atoms with E-state index in [4.69, 9.17) is 5.73 Å². The molecular formula is C11H20N4O. The number of carbonyl (C=O) groups is 1. The molecule has 3 N–H and O–H groups in total. The Hall–Kier alpha value is -1.36. The molecule has 16 heavy (non-hydrogen) atoms. The van der Waals surface area contributed by atoms with Crippen molar-refractivity contribution >= 4 is 5.91 Å². The summed E-state index contributed by atoms with van der Waals surface area (Å²) in [7, 11) is 0. The molecule has 0 bridgehead atoms. The van der Waals surface area contributed by atoms with Crippen molar-refractivity contribution in [2.45, 2.75) is 26.8 Å². The number of rotatable bonds is 6. The molecule has 0 fully saturated rings. The first-order chi connectivity index (χ1) is 7.67. The van der Waals surface area contributed by atoms with Crippen LogP contribution in [0, 0.1) is 5.92 Å². The van der Waals surface area contributed by atoms with Gasteiger partial charge in [0.25, 0.3) is 5.91 Å². The Morgan fingerprint density at radius 2 is 2.44 bits per heavy atom. The first-order valence-electron chi connectivity index (χ1n) is 5.67. The molecule has 1 atom stereocenters. The monoisotopic (exact) mass is 224 g/mol. The lowest BCUT2D eigenvalue weighted by Gasteiger charge is -2.08. The predicted octanol–water partition coefficient (Wildman–Crippen LogP) is 0.618. The van der Waals surface area contributed by atoms with E-state index in [0.29, 0.717) is 31.2 Å². The van der Waals surface area contributed by atoms with E-state index < -0.39 is 0 Å². The molecule has 1 unspecified atom stereocenters. The normalized spacial score (nSPS) is 12.4. The van der Waals surface area contributed by atoms with Gasteiger partial charge in [-0.3, -0.25) is 4.79 Å². The van der Waals surface area contributed by atoms with Crippen LogP contribution in [0.1, 0.15) is 30.8 Å². The fourth-order valence-electron chi connectivity index (χ4n) is 1.25. The molecule has 1 amide bonds. The van der Waals surface area contributed by atoms with Gasteiger partial charge in [-0.2, -0.15) is 0 Å². The number of nitrogens with zero attached hydrogens (tertiary/aromatic N) is 2. The van der Waals surface area contributed by atoms with Gasteiger partial charge in [-0.15, -0.1) is 0 Å². The van der Waals surface area contributed by atoms with Gasteiger partial charge in [0.1, 0.15) is 5.69 Å². The second kappa shape index (κ2) is 6.27. The van der Waals surface area contributed by atoms with Crippen molar-refractivity contribution in [3.8, 4) is 0 Å². The van der Waals surface area contributed by atoms with Crippen molar-refractivity contribution in [3.63, 3.8) is 0 Å². The average molecular weight is 224 g/mol. The molecule has 0 saturated heterocycles. The Morgan fingerprint density at radius 1 is 1.69 bits per heavy atom. The van der Waals surface area contributed by atoms with E-state index in [2.05, 4.69) is 24.1 Å². The summed E-state index contributed by atoms with van der Waals surface area (Å²) in [5, 5.41) is 2.86. The zero-order valence-electron chi connectivity index (χ0n) is 9.94. The van der Waals surface area contributed by atoms with Gasteiger partial charge >= 0.3 is 0 Å². The van der Waals surface area contributed by atoms with E-state index >= 15 is 0 Å². The maximum Gasteiger partial charge on any atom is 0.271 e. The Labute approximate surface area is 96.0 Å². The highest BCUT2D eigenvalue weighted by Gasteiger charge is 2.09. The maximum absolute atomic E-state index is 11.7. The molecule has 1 heterocycles. The molecule has 1 aromatic rings. The topological polar surface area (TPSA) is 72.9 Å². The zero-order chi connectivity index (χ0) is 12.0. The van der Waals surface area contributed by atoms with Gasteiger partial charge in [-0.05, 0) is 5.92 Å². The average Bonchev–Trinajstić information content (AvgIpc) is 2.74. The highest BCUT2D eigenvalue weighted by Crippen LogP contribution is 2.00. The zero-order valence-corrected chi connectivity index (χ0v) is 9.94. The quantitative estimate of drug-likeness (QED) is 0.744. The first kappa shape index (κ1) is 12.7. The minimum Gasteiger partial charge on any atom is -0.350 e. The Bertz CT molecular complexity index is 334. The van der Waals surface area contributed by atoms with Crippen molar-refractivity contribution in [1.82, 2.24) is 14.9 Å². The van der Waals surface area contributed by atoms with Crippen LogP contribution in [0.5, 0.6) is 0 Å². The van der Waals surface area contributed by atoms with Gasteiger partial charge in [-0.25, -0.2) is 4.98 Å². The minimum absolute atomic E-state index is 0.115.